The van der Waals surface area contributed by atoms with Crippen LogP contribution >= 0.6 is 24.0 Å². The number of hydrogen-bond acceptors (Lipinski definition) is 1. The molecule has 0 amide bonds. The first-order valence-electron chi connectivity index (χ1n) is 3.79. The summed E-state index contributed by atoms with van der Waals surface area (Å²) < 4.78 is 0. The topological polar surface area (TPSA) is 26.0 Å². The van der Waals surface area contributed by atoms with Gasteiger partial charge in [0.2, 0.25) is 0 Å². The average Bonchev–Trinajstić information content (AvgIpc) is 2.68. The second-order valence-electron chi connectivity index (χ2n) is 3.03. The normalized spacial score (nSPS) is 26.2. The Morgan fingerprint density at radius 3 is 2.42 bits per heavy atom. The molecule has 0 radical (unpaired) electrons. The van der Waals surface area contributed by atoms with Crippen LogP contribution in [0, 0.1) is 0 Å². The SMILES string of the molecule is Cl.N[C@@H]1C[C@H]1c1ccccc1Cl. The molecule has 0 saturated heterocycles. The molecule has 0 unspecified atom stereocenters. The molecule has 2 N–H and O–H groups in total. The van der Waals surface area contributed by atoms with Gasteiger partial charge in [0.25, 0.3) is 0 Å². The molecule has 0 aliphatic heterocycles. The van der Waals surface area contributed by atoms with Crippen molar-refractivity contribution in [3.8, 4) is 0 Å². The van der Waals surface area contributed by atoms with Gasteiger partial charge in [0, 0.05) is 17.0 Å². The van der Waals surface area contributed by atoms with Gasteiger partial charge in [-0.1, -0.05) is 29.8 Å². The van der Waals surface area contributed by atoms with E-state index in [0.717, 1.165) is 11.4 Å². The molecular weight excluding hydrogens is 193 g/mol. The van der Waals surface area contributed by atoms with Crippen molar-refractivity contribution < 1.29 is 0 Å². The first kappa shape index (κ1) is 9.85. The minimum atomic E-state index is 0. The van der Waals surface area contributed by atoms with Crippen molar-refractivity contribution in [2.45, 2.75) is 18.4 Å². The molecule has 3 heteroatoms. The molecule has 0 bridgehead atoms. The number of rotatable bonds is 1. The Morgan fingerprint density at radius 1 is 1.33 bits per heavy atom. The maximum Gasteiger partial charge on any atom is 0.0441 e. The van der Waals surface area contributed by atoms with E-state index in [1.807, 2.05) is 18.2 Å². The third-order valence-corrected chi connectivity index (χ3v) is 2.49. The molecule has 0 heterocycles. The van der Waals surface area contributed by atoms with Gasteiger partial charge in [-0.15, -0.1) is 12.4 Å². The zero-order valence-corrected chi connectivity index (χ0v) is 8.11. The smallest absolute Gasteiger partial charge is 0.0441 e. The molecule has 0 spiro atoms. The standard InChI is InChI=1S/C9H10ClN.ClH/c10-8-4-2-1-3-6(8)7-5-9(7)11;/h1-4,7,9H,5,11H2;1H/t7-,9+;/m0./s1. The van der Waals surface area contributed by atoms with Crippen molar-refractivity contribution in [2.75, 3.05) is 0 Å². The summed E-state index contributed by atoms with van der Waals surface area (Å²) in [5, 5.41) is 0.852. The van der Waals surface area contributed by atoms with Gasteiger partial charge in [-0.05, 0) is 18.1 Å². The monoisotopic (exact) mass is 203 g/mol. The number of nitrogens with two attached hydrogens (primary N) is 1. The lowest BCUT2D eigenvalue weighted by Gasteiger charge is -1.99. The van der Waals surface area contributed by atoms with Gasteiger partial charge < -0.3 is 5.73 Å². The maximum absolute atomic E-state index is 5.97. The van der Waals surface area contributed by atoms with Crippen molar-refractivity contribution in [2.24, 2.45) is 5.73 Å². The van der Waals surface area contributed by atoms with E-state index in [-0.39, 0.29) is 12.4 Å². The van der Waals surface area contributed by atoms with E-state index < -0.39 is 0 Å². The van der Waals surface area contributed by atoms with E-state index in [2.05, 4.69) is 6.07 Å². The van der Waals surface area contributed by atoms with Crippen molar-refractivity contribution >= 4 is 24.0 Å². The van der Waals surface area contributed by atoms with Crippen LogP contribution in [0.2, 0.25) is 5.02 Å². The minimum absolute atomic E-state index is 0. The molecular formula is C9H11Cl2N. The maximum atomic E-state index is 5.97. The third-order valence-electron chi connectivity index (χ3n) is 2.14. The first-order chi connectivity index (χ1) is 5.29. The van der Waals surface area contributed by atoms with E-state index in [1.165, 1.54) is 5.56 Å². The van der Waals surface area contributed by atoms with Crippen LogP contribution in [0.5, 0.6) is 0 Å². The average molecular weight is 204 g/mol. The van der Waals surface area contributed by atoms with Gasteiger partial charge in [-0.3, -0.25) is 0 Å². The van der Waals surface area contributed by atoms with Crippen LogP contribution in [0.1, 0.15) is 17.9 Å². The zero-order valence-electron chi connectivity index (χ0n) is 6.53. The zero-order chi connectivity index (χ0) is 7.84. The molecule has 12 heavy (non-hydrogen) atoms. The van der Waals surface area contributed by atoms with Crippen molar-refractivity contribution in [1.29, 1.82) is 0 Å². The summed E-state index contributed by atoms with van der Waals surface area (Å²) in [4.78, 5) is 0. The Kier molecular flexibility index (Phi) is 2.99. The predicted octanol–water partition coefficient (Wildman–Crippen LogP) is 2.58. The highest BCUT2D eigenvalue weighted by Gasteiger charge is 2.35. The van der Waals surface area contributed by atoms with E-state index >= 15 is 0 Å². The molecule has 1 aliphatic rings. The van der Waals surface area contributed by atoms with Crippen molar-refractivity contribution in [3.05, 3.63) is 34.9 Å². The van der Waals surface area contributed by atoms with Crippen molar-refractivity contribution in [1.82, 2.24) is 0 Å². The molecule has 0 aromatic heterocycles. The lowest BCUT2D eigenvalue weighted by atomic mass is 10.1. The van der Waals surface area contributed by atoms with Crippen LogP contribution in [0.3, 0.4) is 0 Å². The van der Waals surface area contributed by atoms with Gasteiger partial charge in [-0.25, -0.2) is 0 Å². The Morgan fingerprint density at radius 2 is 1.92 bits per heavy atom. The largest absolute Gasteiger partial charge is 0.327 e. The summed E-state index contributed by atoms with van der Waals surface area (Å²) in [5.41, 5.74) is 6.92. The second kappa shape index (κ2) is 3.65. The quantitative estimate of drug-likeness (QED) is 0.747. The fraction of sp³-hybridized carbons (Fsp3) is 0.333. The lowest BCUT2D eigenvalue weighted by molar-refractivity contribution is 0.991. The highest BCUT2D eigenvalue weighted by Crippen LogP contribution is 2.41. The van der Waals surface area contributed by atoms with Gasteiger partial charge in [0.05, 0.1) is 0 Å². The van der Waals surface area contributed by atoms with Crippen LogP contribution < -0.4 is 5.73 Å². The molecule has 1 aromatic carbocycles. The summed E-state index contributed by atoms with van der Waals surface area (Å²) in [7, 11) is 0. The Labute approximate surface area is 83.3 Å². The van der Waals surface area contributed by atoms with Crippen LogP contribution in [0.4, 0.5) is 0 Å². The second-order valence-corrected chi connectivity index (χ2v) is 3.43. The molecule has 2 atom stereocenters. The highest BCUT2D eigenvalue weighted by molar-refractivity contribution is 6.31. The predicted molar refractivity (Wildman–Crippen MR) is 54.0 cm³/mol. The summed E-state index contributed by atoms with van der Waals surface area (Å²) in [6, 6.07) is 8.27. The Balaban J connectivity index is 0.000000720. The molecule has 1 nitrogen and oxygen atoms in total. The molecule has 2 rings (SSSR count). The first-order valence-corrected chi connectivity index (χ1v) is 4.17. The van der Waals surface area contributed by atoms with E-state index in [9.17, 15) is 0 Å². The Bertz CT molecular complexity index is 275. The molecule has 1 saturated carbocycles. The number of halogens is 2. The van der Waals surface area contributed by atoms with E-state index in [0.29, 0.717) is 12.0 Å². The van der Waals surface area contributed by atoms with Crippen LogP contribution in [0.15, 0.2) is 24.3 Å². The fourth-order valence-electron chi connectivity index (χ4n) is 1.35. The molecule has 66 valence electrons. The van der Waals surface area contributed by atoms with Gasteiger partial charge in [-0.2, -0.15) is 0 Å². The van der Waals surface area contributed by atoms with Crippen LogP contribution in [0.25, 0.3) is 0 Å². The molecule has 1 fully saturated rings. The lowest BCUT2D eigenvalue weighted by Crippen LogP contribution is -2.00. The third kappa shape index (κ3) is 1.74. The summed E-state index contributed by atoms with van der Waals surface area (Å²) >= 11 is 5.97. The van der Waals surface area contributed by atoms with E-state index in [1.54, 1.807) is 0 Å². The number of benzene rings is 1. The summed E-state index contributed by atoms with van der Waals surface area (Å²) in [5.74, 6) is 0.517. The molecule has 1 aromatic rings. The van der Waals surface area contributed by atoms with E-state index in [4.69, 9.17) is 17.3 Å². The van der Waals surface area contributed by atoms with Crippen molar-refractivity contribution in [3.63, 3.8) is 0 Å². The molecule has 1 aliphatic carbocycles. The fourth-order valence-corrected chi connectivity index (χ4v) is 1.62. The highest BCUT2D eigenvalue weighted by atomic mass is 35.5. The summed E-state index contributed by atoms with van der Waals surface area (Å²) in [6.45, 7) is 0. The van der Waals surface area contributed by atoms with Gasteiger partial charge in [0.1, 0.15) is 0 Å². The van der Waals surface area contributed by atoms with Crippen LogP contribution in [-0.4, -0.2) is 6.04 Å². The minimum Gasteiger partial charge on any atom is -0.327 e. The van der Waals surface area contributed by atoms with Gasteiger partial charge >= 0.3 is 0 Å². The van der Waals surface area contributed by atoms with Gasteiger partial charge in [0.15, 0.2) is 0 Å². The summed E-state index contributed by atoms with van der Waals surface area (Å²) in [6.07, 6.45) is 1.09. The Hall–Kier alpha value is -0.240. The van der Waals surface area contributed by atoms with Crippen LogP contribution in [-0.2, 0) is 0 Å². The number of hydrogen-bond donors (Lipinski definition) is 1.